The molecule has 0 aliphatic heterocycles. The van der Waals surface area contributed by atoms with Crippen LogP contribution >= 0.6 is 0 Å². The zero-order valence-electron chi connectivity index (χ0n) is 8.00. The van der Waals surface area contributed by atoms with Crippen LogP contribution in [0.4, 0.5) is 0 Å². The topological polar surface area (TPSA) is 80.7 Å². The van der Waals surface area contributed by atoms with Gasteiger partial charge in [0, 0.05) is 6.42 Å². The highest BCUT2D eigenvalue weighted by Crippen LogP contribution is 2.15. The van der Waals surface area contributed by atoms with Crippen LogP contribution in [0.15, 0.2) is 29.2 Å². The third-order valence-electron chi connectivity index (χ3n) is 1.64. The number of carbonyl (C=O) groups is 1. The second kappa shape index (κ2) is 4.41. The third kappa shape index (κ3) is 3.34. The number of hydrogen-bond acceptors (Lipinski definition) is 4. The second-order valence-electron chi connectivity index (χ2n) is 2.77. The SMILES string of the molecule is CCC(=O)Oc1ccc(S(=O)(=O)O)cc1. The van der Waals surface area contributed by atoms with E-state index in [-0.39, 0.29) is 17.1 Å². The highest BCUT2D eigenvalue weighted by Gasteiger charge is 2.09. The molecule has 0 saturated heterocycles. The fourth-order valence-electron chi connectivity index (χ4n) is 0.883. The van der Waals surface area contributed by atoms with Gasteiger partial charge in [0.1, 0.15) is 5.75 Å². The van der Waals surface area contributed by atoms with Gasteiger partial charge in [-0.25, -0.2) is 0 Å². The van der Waals surface area contributed by atoms with Crippen LogP contribution in [-0.2, 0) is 14.9 Å². The Bertz CT molecular complexity index is 446. The first kappa shape index (κ1) is 11.7. The largest absolute Gasteiger partial charge is 0.427 e. The van der Waals surface area contributed by atoms with Gasteiger partial charge in [-0.15, -0.1) is 0 Å². The van der Waals surface area contributed by atoms with E-state index in [4.69, 9.17) is 9.29 Å². The van der Waals surface area contributed by atoms with Gasteiger partial charge in [0.05, 0.1) is 4.90 Å². The molecule has 5 nitrogen and oxygen atoms in total. The minimum absolute atomic E-state index is 0.236. The van der Waals surface area contributed by atoms with Crippen molar-refractivity contribution in [1.29, 1.82) is 0 Å². The Morgan fingerprint density at radius 1 is 1.33 bits per heavy atom. The van der Waals surface area contributed by atoms with E-state index in [1.54, 1.807) is 6.92 Å². The Labute approximate surface area is 87.4 Å². The summed E-state index contributed by atoms with van der Waals surface area (Å²) < 4.78 is 34.8. The van der Waals surface area contributed by atoms with Crippen molar-refractivity contribution in [3.05, 3.63) is 24.3 Å². The number of esters is 1. The van der Waals surface area contributed by atoms with Gasteiger partial charge in [-0.3, -0.25) is 9.35 Å². The van der Waals surface area contributed by atoms with E-state index >= 15 is 0 Å². The maximum Gasteiger partial charge on any atom is 0.310 e. The van der Waals surface area contributed by atoms with Crippen molar-refractivity contribution >= 4 is 16.1 Å². The summed E-state index contributed by atoms with van der Waals surface area (Å²) in [6.45, 7) is 1.65. The van der Waals surface area contributed by atoms with Crippen LogP contribution in [0.2, 0.25) is 0 Å². The molecule has 1 rings (SSSR count). The van der Waals surface area contributed by atoms with E-state index in [0.717, 1.165) is 12.1 Å². The first-order valence-electron chi connectivity index (χ1n) is 4.21. The molecule has 82 valence electrons. The van der Waals surface area contributed by atoms with Crippen molar-refractivity contribution in [3.63, 3.8) is 0 Å². The Morgan fingerprint density at radius 3 is 2.27 bits per heavy atom. The molecule has 0 bridgehead atoms. The smallest absolute Gasteiger partial charge is 0.310 e. The van der Waals surface area contributed by atoms with Gasteiger partial charge in [0.15, 0.2) is 0 Å². The lowest BCUT2D eigenvalue weighted by atomic mass is 10.3. The molecule has 0 aliphatic carbocycles. The first-order valence-corrected chi connectivity index (χ1v) is 5.65. The predicted octanol–water partition coefficient (Wildman–Crippen LogP) is 1.25. The van der Waals surface area contributed by atoms with E-state index in [2.05, 4.69) is 0 Å². The molecule has 0 aliphatic rings. The van der Waals surface area contributed by atoms with Crippen molar-refractivity contribution in [3.8, 4) is 5.75 Å². The number of benzene rings is 1. The van der Waals surface area contributed by atoms with E-state index in [1.165, 1.54) is 12.1 Å². The zero-order chi connectivity index (χ0) is 11.5. The summed E-state index contributed by atoms with van der Waals surface area (Å²) in [7, 11) is -4.19. The Hall–Kier alpha value is -1.40. The van der Waals surface area contributed by atoms with Crippen molar-refractivity contribution < 1.29 is 22.5 Å². The van der Waals surface area contributed by atoms with Crippen LogP contribution in [0, 0.1) is 0 Å². The zero-order valence-corrected chi connectivity index (χ0v) is 8.82. The van der Waals surface area contributed by atoms with E-state index in [9.17, 15) is 13.2 Å². The number of rotatable bonds is 3. The lowest BCUT2D eigenvalue weighted by molar-refractivity contribution is -0.134. The normalized spacial score (nSPS) is 11.1. The van der Waals surface area contributed by atoms with Gasteiger partial charge < -0.3 is 4.74 Å². The van der Waals surface area contributed by atoms with Crippen molar-refractivity contribution in [2.75, 3.05) is 0 Å². The lowest BCUT2D eigenvalue weighted by Gasteiger charge is -2.02. The molecule has 0 atom stereocenters. The summed E-state index contributed by atoms with van der Waals surface area (Å²) >= 11 is 0. The Morgan fingerprint density at radius 2 is 1.87 bits per heavy atom. The molecule has 0 saturated carbocycles. The van der Waals surface area contributed by atoms with E-state index in [0.29, 0.717) is 0 Å². The Kier molecular flexibility index (Phi) is 3.43. The number of carbonyl (C=O) groups excluding carboxylic acids is 1. The average Bonchev–Trinajstić information content (AvgIpc) is 2.17. The van der Waals surface area contributed by atoms with Crippen LogP contribution in [0.3, 0.4) is 0 Å². The van der Waals surface area contributed by atoms with Crippen LogP contribution in [0.25, 0.3) is 0 Å². The molecular weight excluding hydrogens is 220 g/mol. The number of hydrogen-bond donors (Lipinski definition) is 1. The maximum atomic E-state index is 10.9. The predicted molar refractivity (Wildman–Crippen MR) is 52.2 cm³/mol. The summed E-state index contributed by atoms with van der Waals surface area (Å²) in [6.07, 6.45) is 0.236. The molecule has 0 heterocycles. The second-order valence-corrected chi connectivity index (χ2v) is 4.20. The first-order chi connectivity index (χ1) is 6.93. The van der Waals surface area contributed by atoms with Crippen LogP contribution in [0.5, 0.6) is 5.75 Å². The summed E-state index contributed by atoms with van der Waals surface area (Å²) in [5, 5.41) is 0. The number of ether oxygens (including phenoxy) is 1. The Balaban J connectivity index is 2.86. The van der Waals surface area contributed by atoms with Crippen molar-refractivity contribution in [2.24, 2.45) is 0 Å². The molecule has 1 aromatic carbocycles. The maximum absolute atomic E-state index is 10.9. The molecule has 15 heavy (non-hydrogen) atoms. The average molecular weight is 230 g/mol. The monoisotopic (exact) mass is 230 g/mol. The minimum Gasteiger partial charge on any atom is -0.427 e. The highest BCUT2D eigenvalue weighted by atomic mass is 32.2. The van der Waals surface area contributed by atoms with E-state index < -0.39 is 16.1 Å². The summed E-state index contributed by atoms with van der Waals surface area (Å²) in [5.41, 5.74) is 0. The standard InChI is InChI=1S/C9H10O5S/c1-2-9(10)14-7-3-5-8(6-4-7)15(11,12)13/h3-6H,2H2,1H3,(H,11,12,13). The molecule has 6 heteroatoms. The molecule has 0 aromatic heterocycles. The van der Waals surface area contributed by atoms with Gasteiger partial charge >= 0.3 is 5.97 Å². The van der Waals surface area contributed by atoms with Crippen LogP contribution in [0.1, 0.15) is 13.3 Å². The van der Waals surface area contributed by atoms with Crippen molar-refractivity contribution in [2.45, 2.75) is 18.2 Å². The molecule has 1 N–H and O–H groups in total. The van der Waals surface area contributed by atoms with E-state index in [1.807, 2.05) is 0 Å². The van der Waals surface area contributed by atoms with Crippen LogP contribution in [-0.4, -0.2) is 18.9 Å². The lowest BCUT2D eigenvalue weighted by Crippen LogP contribution is -2.05. The van der Waals surface area contributed by atoms with Crippen LogP contribution < -0.4 is 4.74 Å². The molecule has 0 spiro atoms. The fourth-order valence-corrected chi connectivity index (χ4v) is 1.36. The summed E-state index contributed by atoms with van der Waals surface area (Å²) in [6, 6.07) is 4.93. The quantitative estimate of drug-likeness (QED) is 0.480. The molecule has 0 radical (unpaired) electrons. The molecule has 0 unspecified atom stereocenters. The van der Waals surface area contributed by atoms with Gasteiger partial charge in [-0.1, -0.05) is 6.92 Å². The fraction of sp³-hybridized carbons (Fsp3) is 0.222. The molecule has 0 amide bonds. The van der Waals surface area contributed by atoms with Gasteiger partial charge in [-0.05, 0) is 24.3 Å². The van der Waals surface area contributed by atoms with Gasteiger partial charge in [-0.2, -0.15) is 8.42 Å². The summed E-state index contributed by atoms with van der Waals surface area (Å²) in [5.74, 6) is -0.163. The van der Waals surface area contributed by atoms with Gasteiger partial charge in [0.2, 0.25) is 0 Å². The molecular formula is C9H10O5S. The molecule has 1 aromatic rings. The van der Waals surface area contributed by atoms with Gasteiger partial charge in [0.25, 0.3) is 10.1 Å². The van der Waals surface area contributed by atoms with Crippen molar-refractivity contribution in [1.82, 2.24) is 0 Å². The minimum atomic E-state index is -4.19. The third-order valence-corrected chi connectivity index (χ3v) is 2.51. The molecule has 0 fully saturated rings. The highest BCUT2D eigenvalue weighted by molar-refractivity contribution is 7.85. The summed E-state index contributed by atoms with van der Waals surface area (Å²) in [4.78, 5) is 10.6.